The average molecular weight is 253 g/mol. The number of nitrogens with zero attached hydrogens (tertiary/aromatic N) is 2. The normalized spacial score (nSPS) is 14.6. The molecular formula is C13H23N3O2. The SMILES string of the molecule is CCc1cc(C(=O)NC(C)C(C)N(C)CC)no1. The minimum Gasteiger partial charge on any atom is -0.361 e. The number of likely N-dealkylation sites (N-methyl/N-ethyl adjacent to an activating group) is 1. The van der Waals surface area contributed by atoms with Crippen molar-refractivity contribution in [2.75, 3.05) is 13.6 Å². The van der Waals surface area contributed by atoms with Crippen LogP contribution in [0.5, 0.6) is 0 Å². The van der Waals surface area contributed by atoms with E-state index in [-0.39, 0.29) is 18.0 Å². The van der Waals surface area contributed by atoms with E-state index in [1.807, 2.05) is 20.9 Å². The van der Waals surface area contributed by atoms with E-state index in [1.54, 1.807) is 6.07 Å². The van der Waals surface area contributed by atoms with Gasteiger partial charge >= 0.3 is 0 Å². The molecule has 0 spiro atoms. The summed E-state index contributed by atoms with van der Waals surface area (Å²) in [5, 5.41) is 6.71. The lowest BCUT2D eigenvalue weighted by Crippen LogP contribution is -2.47. The summed E-state index contributed by atoms with van der Waals surface area (Å²) < 4.78 is 5.02. The van der Waals surface area contributed by atoms with Crippen LogP contribution in [-0.2, 0) is 6.42 Å². The molecule has 5 heteroatoms. The van der Waals surface area contributed by atoms with E-state index in [0.717, 1.165) is 18.7 Å². The quantitative estimate of drug-likeness (QED) is 0.838. The lowest BCUT2D eigenvalue weighted by Gasteiger charge is -2.29. The molecule has 0 aromatic carbocycles. The molecule has 0 radical (unpaired) electrons. The third-order valence-corrected chi connectivity index (χ3v) is 3.42. The Kier molecular flexibility index (Phi) is 5.34. The number of carbonyl (C=O) groups is 1. The van der Waals surface area contributed by atoms with Crippen LogP contribution in [0.15, 0.2) is 10.6 Å². The number of aromatic nitrogens is 1. The number of amides is 1. The molecule has 2 unspecified atom stereocenters. The van der Waals surface area contributed by atoms with Crippen LogP contribution in [0, 0.1) is 0 Å². The molecule has 0 aliphatic carbocycles. The maximum Gasteiger partial charge on any atom is 0.273 e. The minimum absolute atomic E-state index is 0.0595. The highest BCUT2D eigenvalue weighted by molar-refractivity contribution is 5.92. The third kappa shape index (κ3) is 3.57. The van der Waals surface area contributed by atoms with Crippen LogP contribution in [-0.4, -0.2) is 41.6 Å². The van der Waals surface area contributed by atoms with Crippen molar-refractivity contribution in [3.8, 4) is 0 Å². The zero-order valence-corrected chi connectivity index (χ0v) is 11.9. The van der Waals surface area contributed by atoms with Crippen molar-refractivity contribution in [2.24, 2.45) is 0 Å². The summed E-state index contributed by atoms with van der Waals surface area (Å²) in [6.45, 7) is 9.09. The number of carbonyl (C=O) groups excluding carboxylic acids is 1. The topological polar surface area (TPSA) is 58.4 Å². The van der Waals surface area contributed by atoms with Gasteiger partial charge in [-0.15, -0.1) is 0 Å². The van der Waals surface area contributed by atoms with Crippen LogP contribution in [0.4, 0.5) is 0 Å². The van der Waals surface area contributed by atoms with E-state index in [9.17, 15) is 4.79 Å². The van der Waals surface area contributed by atoms with Crippen molar-refractivity contribution in [3.05, 3.63) is 17.5 Å². The standard InChI is InChI=1S/C13H23N3O2/c1-6-11-8-12(15-18-11)13(17)14-9(3)10(4)16(5)7-2/h8-10H,6-7H2,1-5H3,(H,14,17). The molecule has 0 saturated heterocycles. The second kappa shape index (κ2) is 6.54. The molecule has 1 aromatic rings. The maximum atomic E-state index is 11.9. The molecule has 1 amide bonds. The average Bonchev–Trinajstić information content (AvgIpc) is 2.85. The van der Waals surface area contributed by atoms with Crippen LogP contribution in [0.1, 0.15) is 43.9 Å². The number of rotatable bonds is 6. The Balaban J connectivity index is 2.58. The molecule has 1 aromatic heterocycles. The molecule has 18 heavy (non-hydrogen) atoms. The van der Waals surface area contributed by atoms with Crippen molar-refractivity contribution >= 4 is 5.91 Å². The van der Waals surface area contributed by atoms with Gasteiger partial charge in [-0.25, -0.2) is 0 Å². The fourth-order valence-corrected chi connectivity index (χ4v) is 1.66. The van der Waals surface area contributed by atoms with E-state index in [4.69, 9.17) is 4.52 Å². The molecule has 102 valence electrons. The summed E-state index contributed by atoms with van der Waals surface area (Å²) in [6.07, 6.45) is 0.741. The highest BCUT2D eigenvalue weighted by Crippen LogP contribution is 2.06. The van der Waals surface area contributed by atoms with Gasteiger partial charge in [0.15, 0.2) is 5.69 Å². The molecule has 0 bridgehead atoms. The molecule has 0 fully saturated rings. The van der Waals surface area contributed by atoms with Gasteiger partial charge < -0.3 is 14.7 Å². The molecule has 0 saturated carbocycles. The van der Waals surface area contributed by atoms with Gasteiger partial charge in [-0.05, 0) is 27.4 Å². The van der Waals surface area contributed by atoms with Gasteiger partial charge in [-0.3, -0.25) is 4.79 Å². The third-order valence-electron chi connectivity index (χ3n) is 3.42. The highest BCUT2D eigenvalue weighted by Gasteiger charge is 2.20. The predicted octanol–water partition coefficient (Wildman–Crippen LogP) is 1.70. The van der Waals surface area contributed by atoms with Crippen LogP contribution in [0.2, 0.25) is 0 Å². The molecule has 1 rings (SSSR count). The number of hydrogen-bond acceptors (Lipinski definition) is 4. The first kappa shape index (κ1) is 14.7. The van der Waals surface area contributed by atoms with Crippen molar-refractivity contribution in [2.45, 2.75) is 46.2 Å². The summed E-state index contributed by atoms with van der Waals surface area (Å²) in [6, 6.07) is 2.02. The summed E-state index contributed by atoms with van der Waals surface area (Å²) in [5.74, 6) is 0.550. The van der Waals surface area contributed by atoms with Gasteiger partial charge in [0.1, 0.15) is 5.76 Å². The van der Waals surface area contributed by atoms with Crippen molar-refractivity contribution < 1.29 is 9.32 Å². The van der Waals surface area contributed by atoms with Crippen molar-refractivity contribution in [1.82, 2.24) is 15.4 Å². The first-order valence-electron chi connectivity index (χ1n) is 6.46. The van der Waals surface area contributed by atoms with Crippen LogP contribution >= 0.6 is 0 Å². The van der Waals surface area contributed by atoms with E-state index >= 15 is 0 Å². The van der Waals surface area contributed by atoms with Crippen molar-refractivity contribution in [1.29, 1.82) is 0 Å². The zero-order chi connectivity index (χ0) is 13.7. The lowest BCUT2D eigenvalue weighted by atomic mass is 10.1. The summed E-state index contributed by atoms with van der Waals surface area (Å²) in [7, 11) is 2.04. The van der Waals surface area contributed by atoms with Crippen LogP contribution in [0.25, 0.3) is 0 Å². The van der Waals surface area contributed by atoms with E-state index in [1.165, 1.54) is 0 Å². The first-order chi connectivity index (χ1) is 8.49. The Morgan fingerprint density at radius 2 is 2.17 bits per heavy atom. The van der Waals surface area contributed by atoms with Gasteiger partial charge in [0.2, 0.25) is 0 Å². The van der Waals surface area contributed by atoms with Crippen LogP contribution in [0.3, 0.4) is 0 Å². The number of aryl methyl sites for hydroxylation is 1. The van der Waals surface area contributed by atoms with E-state index in [2.05, 4.69) is 29.2 Å². The van der Waals surface area contributed by atoms with E-state index in [0.29, 0.717) is 5.69 Å². The fourth-order valence-electron chi connectivity index (χ4n) is 1.66. The Bertz CT molecular complexity index is 389. The van der Waals surface area contributed by atoms with Gasteiger partial charge in [0, 0.05) is 24.6 Å². The highest BCUT2D eigenvalue weighted by atomic mass is 16.5. The van der Waals surface area contributed by atoms with Crippen molar-refractivity contribution in [3.63, 3.8) is 0 Å². The fraction of sp³-hybridized carbons (Fsp3) is 0.692. The van der Waals surface area contributed by atoms with Gasteiger partial charge in [-0.2, -0.15) is 0 Å². The zero-order valence-electron chi connectivity index (χ0n) is 11.9. The second-order valence-electron chi connectivity index (χ2n) is 4.61. The summed E-state index contributed by atoms with van der Waals surface area (Å²) in [4.78, 5) is 14.1. The Morgan fingerprint density at radius 1 is 1.50 bits per heavy atom. The molecule has 1 N–H and O–H groups in total. The summed E-state index contributed by atoms with van der Waals surface area (Å²) in [5.41, 5.74) is 0.352. The number of nitrogens with one attached hydrogen (secondary N) is 1. The molecule has 1 heterocycles. The minimum atomic E-state index is -0.178. The van der Waals surface area contributed by atoms with Crippen LogP contribution < -0.4 is 5.32 Å². The number of hydrogen-bond donors (Lipinski definition) is 1. The first-order valence-corrected chi connectivity index (χ1v) is 6.46. The predicted molar refractivity (Wildman–Crippen MR) is 70.6 cm³/mol. The molecule has 2 atom stereocenters. The molecule has 0 aliphatic rings. The van der Waals surface area contributed by atoms with Gasteiger partial charge in [-0.1, -0.05) is 19.0 Å². The molecular weight excluding hydrogens is 230 g/mol. The smallest absolute Gasteiger partial charge is 0.273 e. The molecule has 5 nitrogen and oxygen atoms in total. The Morgan fingerprint density at radius 3 is 2.67 bits per heavy atom. The summed E-state index contributed by atoms with van der Waals surface area (Å²) >= 11 is 0. The maximum absolute atomic E-state index is 11.9. The Labute approximate surface area is 109 Å². The molecule has 0 aliphatic heterocycles. The van der Waals surface area contributed by atoms with Gasteiger partial charge in [0.25, 0.3) is 5.91 Å². The largest absolute Gasteiger partial charge is 0.361 e. The lowest BCUT2D eigenvalue weighted by molar-refractivity contribution is 0.0905. The van der Waals surface area contributed by atoms with E-state index < -0.39 is 0 Å². The monoisotopic (exact) mass is 253 g/mol. The Hall–Kier alpha value is -1.36. The second-order valence-corrected chi connectivity index (χ2v) is 4.61. The van der Waals surface area contributed by atoms with Gasteiger partial charge in [0.05, 0.1) is 0 Å².